The molecule has 0 spiro atoms. The number of piperazine rings is 1. The van der Waals surface area contributed by atoms with E-state index in [1.807, 2.05) is 4.90 Å². The van der Waals surface area contributed by atoms with E-state index in [1.165, 1.54) is 28.6 Å². The average molecular weight is 396 g/mol. The molecule has 1 aromatic carbocycles. The van der Waals surface area contributed by atoms with Crippen molar-refractivity contribution >= 4 is 21.7 Å². The second kappa shape index (κ2) is 8.15. The molecule has 1 aliphatic rings. The van der Waals surface area contributed by atoms with E-state index >= 15 is 0 Å². The van der Waals surface area contributed by atoms with Crippen molar-refractivity contribution in [2.75, 3.05) is 38.0 Å². The number of amides is 1. The Bertz CT molecular complexity index is 890. The van der Waals surface area contributed by atoms with Gasteiger partial charge in [0.2, 0.25) is 15.9 Å². The summed E-state index contributed by atoms with van der Waals surface area (Å²) < 4.78 is 44.3. The van der Waals surface area contributed by atoms with Crippen molar-refractivity contribution in [2.45, 2.75) is 12.7 Å². The highest BCUT2D eigenvalue weighted by molar-refractivity contribution is 7.88. The molecule has 1 amide bonds. The van der Waals surface area contributed by atoms with Crippen LogP contribution < -0.4 is 5.32 Å². The largest absolute Gasteiger partial charge is 0.360 e. The number of aryl methyl sites for hydroxylation is 1. The molecule has 27 heavy (non-hydrogen) atoms. The van der Waals surface area contributed by atoms with E-state index in [0.717, 1.165) is 0 Å². The summed E-state index contributed by atoms with van der Waals surface area (Å²) in [4.78, 5) is 13.9. The first kappa shape index (κ1) is 19.5. The van der Waals surface area contributed by atoms with Gasteiger partial charge in [-0.2, -0.15) is 4.31 Å². The van der Waals surface area contributed by atoms with E-state index in [9.17, 15) is 17.6 Å². The molecule has 2 aromatic rings. The Kier molecular flexibility index (Phi) is 5.88. The molecule has 0 bridgehead atoms. The molecule has 1 N–H and O–H groups in total. The van der Waals surface area contributed by atoms with Gasteiger partial charge in [0.25, 0.3) is 0 Å². The standard InChI is InChI=1S/C17H21FN4O4S/c1-13-10-16(20-26-13)19-17(23)11-21-6-8-22(9-7-21)27(24,25)12-14-2-4-15(18)5-3-14/h2-5,10H,6-9,11-12H2,1H3,(H,19,20,23). The van der Waals surface area contributed by atoms with Crippen molar-refractivity contribution in [2.24, 2.45) is 0 Å². The molecule has 1 fully saturated rings. The number of halogens is 1. The number of rotatable bonds is 6. The third-order valence-electron chi connectivity index (χ3n) is 4.25. The van der Waals surface area contributed by atoms with E-state index in [2.05, 4.69) is 10.5 Å². The maximum Gasteiger partial charge on any atom is 0.239 e. The smallest absolute Gasteiger partial charge is 0.239 e. The molecular weight excluding hydrogens is 375 g/mol. The molecule has 0 aliphatic carbocycles. The van der Waals surface area contributed by atoms with Gasteiger partial charge in [0.15, 0.2) is 5.82 Å². The van der Waals surface area contributed by atoms with Gasteiger partial charge in [-0.3, -0.25) is 9.69 Å². The van der Waals surface area contributed by atoms with E-state index in [1.54, 1.807) is 13.0 Å². The Morgan fingerprint density at radius 3 is 2.48 bits per heavy atom. The van der Waals surface area contributed by atoms with Gasteiger partial charge in [-0.1, -0.05) is 17.3 Å². The van der Waals surface area contributed by atoms with Crippen molar-refractivity contribution in [3.8, 4) is 0 Å². The molecular formula is C17H21FN4O4S. The predicted molar refractivity (Wildman–Crippen MR) is 96.9 cm³/mol. The molecule has 1 aliphatic heterocycles. The van der Waals surface area contributed by atoms with Crippen molar-refractivity contribution in [1.82, 2.24) is 14.4 Å². The lowest BCUT2D eigenvalue weighted by Gasteiger charge is -2.33. The summed E-state index contributed by atoms with van der Waals surface area (Å²) >= 11 is 0. The Hall–Kier alpha value is -2.30. The minimum Gasteiger partial charge on any atom is -0.360 e. The second-order valence-corrected chi connectivity index (χ2v) is 8.40. The first-order valence-electron chi connectivity index (χ1n) is 8.49. The zero-order chi connectivity index (χ0) is 19.4. The number of sulfonamides is 1. The summed E-state index contributed by atoms with van der Waals surface area (Å²) in [6.45, 7) is 3.40. The highest BCUT2D eigenvalue weighted by Gasteiger charge is 2.27. The van der Waals surface area contributed by atoms with E-state index in [4.69, 9.17) is 4.52 Å². The SMILES string of the molecule is Cc1cc(NC(=O)CN2CCN(S(=O)(=O)Cc3ccc(F)cc3)CC2)no1. The number of nitrogens with zero attached hydrogens (tertiary/aromatic N) is 3. The molecule has 1 aromatic heterocycles. The topological polar surface area (TPSA) is 95.8 Å². The monoisotopic (exact) mass is 396 g/mol. The van der Waals surface area contributed by atoms with Crippen LogP contribution in [0.2, 0.25) is 0 Å². The zero-order valence-electron chi connectivity index (χ0n) is 14.9. The molecule has 0 unspecified atom stereocenters. The first-order chi connectivity index (χ1) is 12.8. The van der Waals surface area contributed by atoms with Crippen molar-refractivity contribution in [3.05, 3.63) is 47.5 Å². The van der Waals surface area contributed by atoms with Crippen LogP contribution in [0.4, 0.5) is 10.2 Å². The Morgan fingerprint density at radius 2 is 1.89 bits per heavy atom. The summed E-state index contributed by atoms with van der Waals surface area (Å²) in [5, 5.41) is 6.34. The summed E-state index contributed by atoms with van der Waals surface area (Å²) in [5.41, 5.74) is 0.543. The quantitative estimate of drug-likeness (QED) is 0.789. The Balaban J connectivity index is 1.48. The third-order valence-corrected chi connectivity index (χ3v) is 6.10. The minimum atomic E-state index is -3.49. The molecule has 10 heteroatoms. The van der Waals surface area contributed by atoms with Gasteiger partial charge in [0.05, 0.1) is 12.3 Å². The van der Waals surface area contributed by atoms with Gasteiger partial charge >= 0.3 is 0 Å². The van der Waals surface area contributed by atoms with Crippen molar-refractivity contribution in [1.29, 1.82) is 0 Å². The molecule has 0 atom stereocenters. The molecule has 8 nitrogen and oxygen atoms in total. The minimum absolute atomic E-state index is 0.151. The van der Waals surface area contributed by atoms with Gasteiger partial charge < -0.3 is 9.84 Å². The van der Waals surface area contributed by atoms with Gasteiger partial charge in [-0.15, -0.1) is 0 Å². The second-order valence-electron chi connectivity index (χ2n) is 6.43. The predicted octanol–water partition coefficient (Wildman–Crippen LogP) is 1.21. The molecule has 0 radical (unpaired) electrons. The van der Waals surface area contributed by atoms with E-state index in [-0.39, 0.29) is 18.2 Å². The van der Waals surface area contributed by atoms with Gasteiger partial charge in [-0.05, 0) is 24.6 Å². The van der Waals surface area contributed by atoms with Crippen LogP contribution >= 0.6 is 0 Å². The fraction of sp³-hybridized carbons (Fsp3) is 0.412. The van der Waals surface area contributed by atoms with Crippen LogP contribution in [0.5, 0.6) is 0 Å². The fourth-order valence-electron chi connectivity index (χ4n) is 2.86. The summed E-state index contributed by atoms with van der Waals surface area (Å²) in [6, 6.07) is 7.06. The average Bonchev–Trinajstić information content (AvgIpc) is 3.02. The van der Waals surface area contributed by atoms with Crippen LogP contribution in [0.15, 0.2) is 34.9 Å². The number of hydrogen-bond acceptors (Lipinski definition) is 6. The maximum atomic E-state index is 13.0. The molecule has 3 rings (SSSR count). The number of nitrogens with one attached hydrogen (secondary N) is 1. The van der Waals surface area contributed by atoms with Crippen LogP contribution in [-0.4, -0.2) is 61.4 Å². The molecule has 1 saturated heterocycles. The van der Waals surface area contributed by atoms with Crippen molar-refractivity contribution in [3.63, 3.8) is 0 Å². The number of carbonyl (C=O) groups excluding carboxylic acids is 1. The lowest BCUT2D eigenvalue weighted by atomic mass is 10.2. The molecule has 2 heterocycles. The van der Waals surface area contributed by atoms with E-state index < -0.39 is 15.8 Å². The number of benzene rings is 1. The van der Waals surface area contributed by atoms with Gasteiger partial charge in [-0.25, -0.2) is 12.8 Å². The normalized spacial score (nSPS) is 16.4. The van der Waals surface area contributed by atoms with Crippen LogP contribution in [-0.2, 0) is 20.6 Å². The summed E-state index contributed by atoms with van der Waals surface area (Å²) in [5.74, 6) is 0.164. The number of carbonyl (C=O) groups is 1. The Morgan fingerprint density at radius 1 is 1.22 bits per heavy atom. The summed E-state index contributed by atoms with van der Waals surface area (Å²) in [7, 11) is -3.49. The number of hydrogen-bond donors (Lipinski definition) is 1. The molecule has 146 valence electrons. The van der Waals surface area contributed by atoms with Crippen LogP contribution in [0.3, 0.4) is 0 Å². The highest BCUT2D eigenvalue weighted by Crippen LogP contribution is 2.14. The van der Waals surface area contributed by atoms with Crippen LogP contribution in [0.1, 0.15) is 11.3 Å². The number of aromatic nitrogens is 1. The van der Waals surface area contributed by atoms with Gasteiger partial charge in [0.1, 0.15) is 11.6 Å². The van der Waals surface area contributed by atoms with Gasteiger partial charge in [0, 0.05) is 32.2 Å². The summed E-state index contributed by atoms with van der Waals surface area (Å²) in [6.07, 6.45) is 0. The first-order valence-corrected chi connectivity index (χ1v) is 10.1. The fourth-order valence-corrected chi connectivity index (χ4v) is 4.38. The van der Waals surface area contributed by atoms with E-state index in [0.29, 0.717) is 43.3 Å². The van der Waals surface area contributed by atoms with Crippen molar-refractivity contribution < 1.29 is 22.1 Å². The maximum absolute atomic E-state index is 13.0. The highest BCUT2D eigenvalue weighted by atomic mass is 32.2. The number of anilines is 1. The Labute approximate surface area is 157 Å². The third kappa shape index (κ3) is 5.34. The van der Waals surface area contributed by atoms with Crippen LogP contribution in [0.25, 0.3) is 0 Å². The lowest BCUT2D eigenvalue weighted by molar-refractivity contribution is -0.117. The van der Waals surface area contributed by atoms with Crippen LogP contribution in [0, 0.1) is 12.7 Å². The zero-order valence-corrected chi connectivity index (χ0v) is 15.7. The molecule has 0 saturated carbocycles. The lowest BCUT2D eigenvalue weighted by Crippen LogP contribution is -2.50.